The SMILES string of the molecule is CN1CCCN=C1NCC1N(C)CCCC1(C)C. The lowest BCUT2D eigenvalue weighted by Gasteiger charge is -2.45. The lowest BCUT2D eigenvalue weighted by molar-refractivity contribution is 0.0608. The summed E-state index contributed by atoms with van der Waals surface area (Å²) in [7, 11) is 4.38. The van der Waals surface area contributed by atoms with Crippen molar-refractivity contribution in [1.29, 1.82) is 0 Å². The van der Waals surface area contributed by atoms with Gasteiger partial charge in [-0.25, -0.2) is 0 Å². The second-order valence-electron chi connectivity index (χ2n) is 6.45. The highest BCUT2D eigenvalue weighted by molar-refractivity contribution is 5.80. The molecule has 0 aromatic rings. The second kappa shape index (κ2) is 5.47. The third kappa shape index (κ3) is 2.97. The molecule has 4 nitrogen and oxygen atoms in total. The van der Waals surface area contributed by atoms with Gasteiger partial charge in [0.1, 0.15) is 0 Å². The predicted molar refractivity (Wildman–Crippen MR) is 77.0 cm³/mol. The van der Waals surface area contributed by atoms with Crippen molar-refractivity contribution in [2.24, 2.45) is 10.4 Å². The summed E-state index contributed by atoms with van der Waals surface area (Å²) in [5, 5.41) is 3.56. The van der Waals surface area contributed by atoms with E-state index in [0.717, 1.165) is 25.6 Å². The molecule has 2 rings (SSSR count). The lowest BCUT2D eigenvalue weighted by Crippen LogP contribution is -2.55. The molecule has 2 aliphatic heterocycles. The molecule has 0 aromatic heterocycles. The number of likely N-dealkylation sites (tertiary alicyclic amines) is 1. The summed E-state index contributed by atoms with van der Waals surface area (Å²) < 4.78 is 0. The Morgan fingerprint density at radius 2 is 2.06 bits per heavy atom. The van der Waals surface area contributed by atoms with Gasteiger partial charge >= 0.3 is 0 Å². The molecule has 0 aromatic carbocycles. The number of hydrogen-bond donors (Lipinski definition) is 1. The molecular weight excluding hydrogens is 224 g/mol. The van der Waals surface area contributed by atoms with Crippen molar-refractivity contribution in [2.45, 2.75) is 39.2 Å². The van der Waals surface area contributed by atoms with Gasteiger partial charge in [-0.3, -0.25) is 4.99 Å². The Bertz CT molecular complexity index is 311. The number of likely N-dealkylation sites (N-methyl/N-ethyl adjacent to an activating group) is 1. The van der Waals surface area contributed by atoms with E-state index in [-0.39, 0.29) is 0 Å². The topological polar surface area (TPSA) is 30.9 Å². The maximum Gasteiger partial charge on any atom is 0.193 e. The maximum absolute atomic E-state index is 4.58. The monoisotopic (exact) mass is 252 g/mol. The molecule has 1 saturated heterocycles. The zero-order chi connectivity index (χ0) is 13.2. The third-order valence-electron chi connectivity index (χ3n) is 4.49. The standard InChI is InChI=1S/C14H28N4/c1-14(2)7-5-9-17(3)12(14)11-16-13-15-8-6-10-18(13)4/h12H,5-11H2,1-4H3,(H,15,16). The third-order valence-corrected chi connectivity index (χ3v) is 4.49. The van der Waals surface area contributed by atoms with Crippen LogP contribution >= 0.6 is 0 Å². The Morgan fingerprint density at radius 3 is 2.72 bits per heavy atom. The molecule has 0 amide bonds. The number of nitrogens with one attached hydrogen (secondary N) is 1. The molecule has 0 bridgehead atoms. The second-order valence-corrected chi connectivity index (χ2v) is 6.45. The van der Waals surface area contributed by atoms with Crippen molar-refractivity contribution < 1.29 is 0 Å². The lowest BCUT2D eigenvalue weighted by atomic mass is 9.76. The normalized spacial score (nSPS) is 29.0. The summed E-state index contributed by atoms with van der Waals surface area (Å²) in [4.78, 5) is 9.32. The van der Waals surface area contributed by atoms with Crippen LogP contribution in [0.15, 0.2) is 4.99 Å². The highest BCUT2D eigenvalue weighted by Crippen LogP contribution is 2.33. The fourth-order valence-corrected chi connectivity index (χ4v) is 3.23. The number of piperidine rings is 1. The molecule has 1 fully saturated rings. The Labute approximate surface area is 111 Å². The van der Waals surface area contributed by atoms with Crippen molar-refractivity contribution in [2.75, 3.05) is 40.3 Å². The van der Waals surface area contributed by atoms with Gasteiger partial charge in [0.15, 0.2) is 5.96 Å². The number of guanidine groups is 1. The van der Waals surface area contributed by atoms with Gasteiger partial charge in [0.25, 0.3) is 0 Å². The molecule has 18 heavy (non-hydrogen) atoms. The fourth-order valence-electron chi connectivity index (χ4n) is 3.23. The Hall–Kier alpha value is -0.770. The first-order valence-electron chi connectivity index (χ1n) is 7.20. The Kier molecular flexibility index (Phi) is 4.15. The van der Waals surface area contributed by atoms with Crippen molar-refractivity contribution in [3.8, 4) is 0 Å². The number of nitrogens with zero attached hydrogens (tertiary/aromatic N) is 3. The minimum absolute atomic E-state index is 0.397. The molecule has 0 radical (unpaired) electrons. The zero-order valence-corrected chi connectivity index (χ0v) is 12.4. The first-order chi connectivity index (χ1) is 8.50. The molecule has 2 aliphatic rings. The van der Waals surface area contributed by atoms with E-state index in [1.54, 1.807) is 0 Å². The highest BCUT2D eigenvalue weighted by atomic mass is 15.3. The van der Waals surface area contributed by atoms with Gasteiger partial charge in [-0.1, -0.05) is 13.8 Å². The van der Waals surface area contributed by atoms with Gasteiger partial charge in [0.05, 0.1) is 0 Å². The van der Waals surface area contributed by atoms with E-state index in [9.17, 15) is 0 Å². The molecule has 0 saturated carbocycles. The van der Waals surface area contributed by atoms with Crippen molar-refractivity contribution in [1.82, 2.24) is 15.1 Å². The van der Waals surface area contributed by atoms with E-state index in [1.807, 2.05) is 0 Å². The van der Waals surface area contributed by atoms with Crippen LogP contribution in [-0.2, 0) is 0 Å². The van der Waals surface area contributed by atoms with Gasteiger partial charge in [-0.2, -0.15) is 0 Å². The van der Waals surface area contributed by atoms with E-state index in [4.69, 9.17) is 0 Å². The van der Waals surface area contributed by atoms with E-state index in [2.05, 4.69) is 48.1 Å². The minimum atomic E-state index is 0.397. The summed E-state index contributed by atoms with van der Waals surface area (Å²) in [6.45, 7) is 9.10. The Morgan fingerprint density at radius 1 is 1.28 bits per heavy atom. The average molecular weight is 252 g/mol. The summed E-state index contributed by atoms with van der Waals surface area (Å²) in [6.07, 6.45) is 3.82. The molecule has 1 N–H and O–H groups in total. The predicted octanol–water partition coefficient (Wildman–Crippen LogP) is 1.39. The van der Waals surface area contributed by atoms with Crippen LogP contribution < -0.4 is 5.32 Å². The van der Waals surface area contributed by atoms with Crippen LogP contribution in [0.2, 0.25) is 0 Å². The van der Waals surface area contributed by atoms with Crippen molar-refractivity contribution >= 4 is 5.96 Å². The van der Waals surface area contributed by atoms with Crippen LogP contribution in [0.5, 0.6) is 0 Å². The average Bonchev–Trinajstić information content (AvgIpc) is 2.30. The van der Waals surface area contributed by atoms with Crippen LogP contribution in [0.25, 0.3) is 0 Å². The van der Waals surface area contributed by atoms with Crippen LogP contribution in [0, 0.1) is 5.41 Å². The van der Waals surface area contributed by atoms with Gasteiger partial charge in [0.2, 0.25) is 0 Å². The number of aliphatic imine (C=N–C) groups is 1. The van der Waals surface area contributed by atoms with Crippen LogP contribution in [-0.4, -0.2) is 62.1 Å². The first kappa shape index (κ1) is 13.7. The van der Waals surface area contributed by atoms with Gasteiger partial charge in [0, 0.05) is 32.7 Å². The molecule has 0 aliphatic carbocycles. The van der Waals surface area contributed by atoms with Crippen LogP contribution in [0.4, 0.5) is 0 Å². The number of hydrogen-bond acceptors (Lipinski definition) is 4. The summed E-state index contributed by atoms with van der Waals surface area (Å²) >= 11 is 0. The quantitative estimate of drug-likeness (QED) is 0.806. The molecule has 1 unspecified atom stereocenters. The molecule has 104 valence electrons. The van der Waals surface area contributed by atoms with Crippen LogP contribution in [0.3, 0.4) is 0 Å². The smallest absolute Gasteiger partial charge is 0.193 e. The molecular formula is C14H28N4. The van der Waals surface area contributed by atoms with Crippen molar-refractivity contribution in [3.05, 3.63) is 0 Å². The molecule has 1 atom stereocenters. The summed E-state index contributed by atoms with van der Waals surface area (Å²) in [5.74, 6) is 1.08. The summed E-state index contributed by atoms with van der Waals surface area (Å²) in [5.41, 5.74) is 0.397. The fraction of sp³-hybridized carbons (Fsp3) is 0.929. The summed E-state index contributed by atoms with van der Waals surface area (Å²) in [6, 6.07) is 0.601. The largest absolute Gasteiger partial charge is 0.355 e. The molecule has 0 spiro atoms. The Balaban J connectivity index is 1.93. The maximum atomic E-state index is 4.58. The van der Waals surface area contributed by atoms with Gasteiger partial charge in [-0.15, -0.1) is 0 Å². The highest BCUT2D eigenvalue weighted by Gasteiger charge is 2.35. The van der Waals surface area contributed by atoms with E-state index >= 15 is 0 Å². The van der Waals surface area contributed by atoms with E-state index in [0.29, 0.717) is 11.5 Å². The van der Waals surface area contributed by atoms with Crippen LogP contribution in [0.1, 0.15) is 33.1 Å². The minimum Gasteiger partial charge on any atom is -0.355 e. The van der Waals surface area contributed by atoms with Gasteiger partial charge < -0.3 is 15.1 Å². The number of rotatable bonds is 2. The molecule has 4 heteroatoms. The zero-order valence-electron chi connectivity index (χ0n) is 12.4. The van der Waals surface area contributed by atoms with Gasteiger partial charge in [-0.05, 0) is 38.3 Å². The first-order valence-corrected chi connectivity index (χ1v) is 7.20. The van der Waals surface area contributed by atoms with Crippen molar-refractivity contribution in [3.63, 3.8) is 0 Å². The van der Waals surface area contributed by atoms with E-state index in [1.165, 1.54) is 25.8 Å². The van der Waals surface area contributed by atoms with E-state index < -0.39 is 0 Å². The molecule has 2 heterocycles.